The molecule has 3 aromatic rings. The summed E-state index contributed by atoms with van der Waals surface area (Å²) < 4.78 is 38.1. The molecule has 34 heavy (non-hydrogen) atoms. The summed E-state index contributed by atoms with van der Waals surface area (Å²) in [4.78, 5) is 36.5. The molecule has 3 amide bonds. The van der Waals surface area contributed by atoms with Crippen LogP contribution >= 0.6 is 0 Å². The number of carbonyl (C=O) groups excluding carboxylic acids is 2. The quantitative estimate of drug-likeness (QED) is 0.541. The molecule has 2 aliphatic rings. The summed E-state index contributed by atoms with van der Waals surface area (Å²) in [5.41, 5.74) is 0.898. The minimum absolute atomic E-state index is 0.179. The standard InChI is InChI=1S/C23H23F3N6O2/c24-23(25,26)15-5-7-16(8-6-15)27-19(33)13-32-14-22(30-21(32)34)9-11-31(12-10-22)20-28-17-3-1-2-4-18(17)29-20/h1-8H,9-14H2,(H,27,33)(H,28,29)(H,30,34). The highest BCUT2D eigenvalue weighted by Gasteiger charge is 2.45. The minimum Gasteiger partial charge on any atom is -0.342 e. The first-order valence-corrected chi connectivity index (χ1v) is 10.9. The van der Waals surface area contributed by atoms with Crippen LogP contribution in [0, 0.1) is 0 Å². The summed E-state index contributed by atoms with van der Waals surface area (Å²) in [7, 11) is 0. The van der Waals surface area contributed by atoms with Crippen molar-refractivity contribution in [3.05, 3.63) is 54.1 Å². The number of aromatic nitrogens is 2. The van der Waals surface area contributed by atoms with Crippen LogP contribution in [0.1, 0.15) is 18.4 Å². The minimum atomic E-state index is -4.44. The number of carbonyl (C=O) groups is 2. The molecule has 1 spiro atoms. The van der Waals surface area contributed by atoms with Gasteiger partial charge < -0.3 is 25.4 Å². The smallest absolute Gasteiger partial charge is 0.342 e. The van der Waals surface area contributed by atoms with E-state index in [0.29, 0.717) is 32.5 Å². The second-order valence-corrected chi connectivity index (χ2v) is 8.75. The SMILES string of the molecule is O=C(CN1CC2(CCN(c3nc4ccccc4[nH]3)CC2)NC1=O)Nc1ccc(C(F)(F)F)cc1. The molecule has 0 aliphatic carbocycles. The van der Waals surface area contributed by atoms with E-state index in [1.165, 1.54) is 17.0 Å². The summed E-state index contributed by atoms with van der Waals surface area (Å²) >= 11 is 0. The average molecular weight is 472 g/mol. The van der Waals surface area contributed by atoms with Gasteiger partial charge in [0.15, 0.2) is 0 Å². The summed E-state index contributed by atoms with van der Waals surface area (Å²) in [6.45, 7) is 1.61. The fourth-order valence-electron chi connectivity index (χ4n) is 4.55. The Morgan fingerprint density at radius 3 is 2.47 bits per heavy atom. The summed E-state index contributed by atoms with van der Waals surface area (Å²) in [6, 6.07) is 11.7. The Bertz CT molecular complexity index is 1180. The van der Waals surface area contributed by atoms with Gasteiger partial charge in [-0.05, 0) is 49.2 Å². The molecule has 3 N–H and O–H groups in total. The van der Waals surface area contributed by atoms with Gasteiger partial charge in [0.05, 0.1) is 22.1 Å². The van der Waals surface area contributed by atoms with Gasteiger partial charge in [-0.15, -0.1) is 0 Å². The van der Waals surface area contributed by atoms with Gasteiger partial charge in [0.1, 0.15) is 6.54 Å². The number of anilines is 2. The number of benzene rings is 2. The van der Waals surface area contributed by atoms with Crippen LogP contribution in [0.4, 0.5) is 29.6 Å². The molecular formula is C23H23F3N6O2. The zero-order chi connectivity index (χ0) is 23.9. The number of fused-ring (bicyclic) bond motifs is 1. The number of amides is 3. The molecule has 11 heteroatoms. The van der Waals surface area contributed by atoms with Crippen molar-refractivity contribution in [3.8, 4) is 0 Å². The highest BCUT2D eigenvalue weighted by molar-refractivity contribution is 5.95. The molecule has 3 heterocycles. The molecule has 0 bridgehead atoms. The van der Waals surface area contributed by atoms with Gasteiger partial charge >= 0.3 is 12.2 Å². The van der Waals surface area contributed by atoms with Gasteiger partial charge in [-0.1, -0.05) is 12.1 Å². The summed E-state index contributed by atoms with van der Waals surface area (Å²) in [5.74, 6) is 0.333. The Morgan fingerprint density at radius 2 is 1.79 bits per heavy atom. The number of piperidine rings is 1. The van der Waals surface area contributed by atoms with E-state index < -0.39 is 23.2 Å². The number of nitrogens with one attached hydrogen (secondary N) is 3. The maximum absolute atomic E-state index is 12.7. The van der Waals surface area contributed by atoms with Crippen molar-refractivity contribution >= 4 is 34.6 Å². The van der Waals surface area contributed by atoms with Crippen molar-refractivity contribution < 1.29 is 22.8 Å². The first-order valence-electron chi connectivity index (χ1n) is 10.9. The van der Waals surface area contributed by atoms with E-state index >= 15 is 0 Å². The summed E-state index contributed by atoms with van der Waals surface area (Å²) in [5, 5.41) is 5.59. The Kier molecular flexibility index (Phi) is 5.34. The lowest BCUT2D eigenvalue weighted by molar-refractivity contribution is -0.137. The van der Waals surface area contributed by atoms with Crippen molar-refractivity contribution in [1.29, 1.82) is 0 Å². The molecule has 2 aromatic carbocycles. The van der Waals surface area contributed by atoms with Gasteiger partial charge in [0.25, 0.3) is 0 Å². The van der Waals surface area contributed by atoms with Gasteiger partial charge in [-0.25, -0.2) is 9.78 Å². The number of aromatic amines is 1. The Balaban J connectivity index is 1.16. The van der Waals surface area contributed by atoms with Crippen LogP contribution in [0.3, 0.4) is 0 Å². The molecular weight excluding hydrogens is 449 g/mol. The largest absolute Gasteiger partial charge is 0.416 e. The molecule has 0 saturated carbocycles. The van der Waals surface area contributed by atoms with E-state index in [9.17, 15) is 22.8 Å². The lowest BCUT2D eigenvalue weighted by atomic mass is 9.88. The highest BCUT2D eigenvalue weighted by atomic mass is 19.4. The lowest BCUT2D eigenvalue weighted by Crippen LogP contribution is -2.52. The predicted octanol–water partition coefficient (Wildman–Crippen LogP) is 3.58. The van der Waals surface area contributed by atoms with Crippen LogP contribution in [0.25, 0.3) is 11.0 Å². The van der Waals surface area contributed by atoms with E-state index in [0.717, 1.165) is 29.1 Å². The number of alkyl halides is 3. The fourth-order valence-corrected chi connectivity index (χ4v) is 4.55. The Labute approximate surface area is 193 Å². The molecule has 1 aromatic heterocycles. The van der Waals surface area contributed by atoms with Crippen LogP contribution < -0.4 is 15.5 Å². The third kappa shape index (κ3) is 4.37. The predicted molar refractivity (Wildman–Crippen MR) is 120 cm³/mol. The fraction of sp³-hybridized carbons (Fsp3) is 0.348. The van der Waals surface area contributed by atoms with Gasteiger partial charge in [-0.2, -0.15) is 13.2 Å². The van der Waals surface area contributed by atoms with Crippen LogP contribution in [0.15, 0.2) is 48.5 Å². The maximum Gasteiger partial charge on any atom is 0.416 e. The highest BCUT2D eigenvalue weighted by Crippen LogP contribution is 2.31. The molecule has 0 atom stereocenters. The zero-order valence-corrected chi connectivity index (χ0v) is 18.2. The molecule has 178 valence electrons. The number of urea groups is 1. The van der Waals surface area contributed by atoms with Crippen molar-refractivity contribution in [3.63, 3.8) is 0 Å². The molecule has 0 unspecified atom stereocenters. The van der Waals surface area contributed by atoms with E-state index in [2.05, 4.69) is 25.5 Å². The van der Waals surface area contributed by atoms with Crippen molar-refractivity contribution in [2.24, 2.45) is 0 Å². The first-order chi connectivity index (χ1) is 16.2. The second-order valence-electron chi connectivity index (χ2n) is 8.75. The average Bonchev–Trinajstić information content (AvgIpc) is 3.35. The zero-order valence-electron chi connectivity index (χ0n) is 18.2. The van der Waals surface area contributed by atoms with Crippen LogP contribution in [0.5, 0.6) is 0 Å². The van der Waals surface area contributed by atoms with Crippen LogP contribution in [-0.4, -0.2) is 58.5 Å². The third-order valence-electron chi connectivity index (χ3n) is 6.38. The van der Waals surface area contributed by atoms with E-state index in [1.807, 2.05) is 24.3 Å². The number of para-hydroxylation sites is 2. The normalized spacial score (nSPS) is 17.9. The number of hydrogen-bond donors (Lipinski definition) is 3. The van der Waals surface area contributed by atoms with Crippen molar-refractivity contribution in [1.82, 2.24) is 20.2 Å². The summed E-state index contributed by atoms with van der Waals surface area (Å²) in [6.07, 6.45) is -3.04. The molecule has 2 saturated heterocycles. The number of rotatable bonds is 4. The van der Waals surface area contributed by atoms with Crippen LogP contribution in [-0.2, 0) is 11.0 Å². The number of hydrogen-bond acceptors (Lipinski definition) is 4. The van der Waals surface area contributed by atoms with E-state index in [4.69, 9.17) is 0 Å². The Morgan fingerprint density at radius 1 is 1.09 bits per heavy atom. The van der Waals surface area contributed by atoms with Crippen LogP contribution in [0.2, 0.25) is 0 Å². The lowest BCUT2D eigenvalue weighted by Gasteiger charge is -2.38. The van der Waals surface area contributed by atoms with Crippen molar-refractivity contribution in [2.45, 2.75) is 24.6 Å². The van der Waals surface area contributed by atoms with Crippen molar-refractivity contribution in [2.75, 3.05) is 36.4 Å². The molecule has 0 radical (unpaired) electrons. The number of nitrogens with zero attached hydrogens (tertiary/aromatic N) is 3. The second kappa shape index (κ2) is 8.23. The topological polar surface area (TPSA) is 93.4 Å². The van der Waals surface area contributed by atoms with Gasteiger partial charge in [0, 0.05) is 25.3 Å². The first kappa shape index (κ1) is 22.1. The molecule has 2 fully saturated rings. The maximum atomic E-state index is 12.7. The molecule has 5 rings (SSSR count). The molecule has 2 aliphatic heterocycles. The van der Waals surface area contributed by atoms with E-state index in [-0.39, 0.29) is 18.3 Å². The van der Waals surface area contributed by atoms with Gasteiger partial charge in [-0.3, -0.25) is 4.79 Å². The molecule has 8 nitrogen and oxygen atoms in total. The number of halogens is 3. The van der Waals surface area contributed by atoms with Gasteiger partial charge in [0.2, 0.25) is 11.9 Å². The Hall–Kier alpha value is -3.76. The number of H-pyrrole nitrogens is 1. The third-order valence-corrected chi connectivity index (χ3v) is 6.38. The number of imidazole rings is 1. The van der Waals surface area contributed by atoms with E-state index in [1.54, 1.807) is 0 Å². The monoisotopic (exact) mass is 472 g/mol.